The molecule has 0 aliphatic heterocycles. The fourth-order valence-corrected chi connectivity index (χ4v) is 3.20. The number of imidazole rings is 1. The summed E-state index contributed by atoms with van der Waals surface area (Å²) in [7, 11) is 0. The zero-order valence-electron chi connectivity index (χ0n) is 14.0. The van der Waals surface area contributed by atoms with Crippen molar-refractivity contribution < 1.29 is 4.84 Å². The van der Waals surface area contributed by atoms with Crippen LogP contribution in [0.1, 0.15) is 16.7 Å². The molecule has 7 heteroatoms. The van der Waals surface area contributed by atoms with Crippen LogP contribution in [0.3, 0.4) is 0 Å². The van der Waals surface area contributed by atoms with Crippen LogP contribution in [-0.2, 0) is 18.0 Å². The third-order valence-corrected chi connectivity index (χ3v) is 4.64. The Morgan fingerprint density at radius 1 is 1.12 bits per heavy atom. The smallest absolute Gasteiger partial charge is 0.143 e. The van der Waals surface area contributed by atoms with Crippen molar-refractivity contribution in [1.29, 1.82) is 0 Å². The van der Waals surface area contributed by atoms with Crippen LogP contribution in [0.4, 0.5) is 0 Å². The molecule has 0 radical (unpaired) electrons. The molecule has 0 aliphatic rings. The van der Waals surface area contributed by atoms with Crippen LogP contribution >= 0.6 is 34.8 Å². The fourth-order valence-electron chi connectivity index (χ4n) is 2.39. The Morgan fingerprint density at radius 3 is 2.65 bits per heavy atom. The van der Waals surface area contributed by atoms with Crippen LogP contribution in [0.2, 0.25) is 15.1 Å². The van der Waals surface area contributed by atoms with E-state index in [1.807, 2.05) is 42.0 Å². The number of nitrogens with zero attached hydrogens (tertiary/aromatic N) is 3. The minimum Gasteiger partial charge on any atom is -0.391 e. The van der Waals surface area contributed by atoms with E-state index < -0.39 is 0 Å². The third kappa shape index (κ3) is 4.79. The Bertz CT molecular complexity index is 924. The molecule has 0 aliphatic carbocycles. The highest BCUT2D eigenvalue weighted by Crippen LogP contribution is 2.23. The molecule has 3 aromatic rings. The largest absolute Gasteiger partial charge is 0.391 e. The van der Waals surface area contributed by atoms with Gasteiger partial charge in [-0.25, -0.2) is 4.98 Å². The maximum absolute atomic E-state index is 6.34. The van der Waals surface area contributed by atoms with Gasteiger partial charge in [-0.3, -0.25) is 0 Å². The number of rotatable bonds is 6. The lowest BCUT2D eigenvalue weighted by Gasteiger charge is -2.10. The zero-order valence-corrected chi connectivity index (χ0v) is 16.3. The molecule has 0 bridgehead atoms. The van der Waals surface area contributed by atoms with E-state index in [0.717, 1.165) is 16.7 Å². The van der Waals surface area contributed by atoms with Gasteiger partial charge in [-0.15, -0.1) is 0 Å². The first kappa shape index (κ1) is 18.8. The van der Waals surface area contributed by atoms with E-state index in [1.54, 1.807) is 24.7 Å². The van der Waals surface area contributed by atoms with Gasteiger partial charge >= 0.3 is 0 Å². The second-order valence-corrected chi connectivity index (χ2v) is 7.02. The summed E-state index contributed by atoms with van der Waals surface area (Å²) in [4.78, 5) is 9.62. The Morgan fingerprint density at radius 2 is 1.96 bits per heavy atom. The average Bonchev–Trinajstić information content (AvgIpc) is 3.09. The van der Waals surface area contributed by atoms with Crippen molar-refractivity contribution in [2.24, 2.45) is 5.16 Å². The van der Waals surface area contributed by atoms with Crippen molar-refractivity contribution in [2.45, 2.75) is 20.1 Å². The topological polar surface area (TPSA) is 39.4 Å². The number of aromatic nitrogens is 2. The maximum atomic E-state index is 6.34. The summed E-state index contributed by atoms with van der Waals surface area (Å²) < 4.78 is 1.88. The molecule has 0 N–H and O–H groups in total. The number of hydrogen-bond acceptors (Lipinski definition) is 3. The van der Waals surface area contributed by atoms with Crippen LogP contribution in [-0.4, -0.2) is 15.3 Å². The number of halogens is 3. The van der Waals surface area contributed by atoms with Crippen molar-refractivity contribution in [3.8, 4) is 0 Å². The Kier molecular flexibility index (Phi) is 6.20. The highest BCUT2D eigenvalue weighted by Gasteiger charge is 2.11. The molecule has 134 valence electrons. The van der Waals surface area contributed by atoms with Crippen molar-refractivity contribution in [3.63, 3.8) is 0 Å². The SMILES string of the molecule is Cc1ccc(CO/N=C(\Cn2ccnc2)c2ccc(Cl)cc2Cl)c(Cl)c1. The first-order valence-electron chi connectivity index (χ1n) is 7.88. The van der Waals surface area contributed by atoms with Gasteiger partial charge in [0.05, 0.1) is 17.9 Å². The second kappa shape index (κ2) is 8.58. The first-order valence-corrected chi connectivity index (χ1v) is 9.01. The van der Waals surface area contributed by atoms with Gasteiger partial charge < -0.3 is 9.40 Å². The quantitative estimate of drug-likeness (QED) is 0.383. The van der Waals surface area contributed by atoms with Crippen molar-refractivity contribution >= 4 is 40.5 Å². The van der Waals surface area contributed by atoms with Crippen LogP contribution in [0.25, 0.3) is 0 Å². The molecule has 0 amide bonds. The van der Waals surface area contributed by atoms with Crippen LogP contribution < -0.4 is 0 Å². The standard InChI is InChI=1S/C19H16Cl3N3O/c1-13-2-3-14(17(21)8-13)11-26-24-19(10-25-7-6-23-12-25)16-5-4-15(20)9-18(16)22/h2-9,12H,10-11H2,1H3/b24-19+. The average molecular weight is 409 g/mol. The lowest BCUT2D eigenvalue weighted by molar-refractivity contribution is 0.130. The molecular weight excluding hydrogens is 393 g/mol. The van der Waals surface area contributed by atoms with Gasteiger partial charge in [0.2, 0.25) is 0 Å². The van der Waals surface area contributed by atoms with E-state index in [-0.39, 0.29) is 6.61 Å². The third-order valence-electron chi connectivity index (χ3n) is 3.74. The first-order chi connectivity index (χ1) is 12.5. The molecule has 1 aromatic heterocycles. The molecule has 3 rings (SSSR count). The van der Waals surface area contributed by atoms with E-state index in [0.29, 0.717) is 27.3 Å². The number of oxime groups is 1. The molecule has 2 aromatic carbocycles. The molecule has 0 saturated heterocycles. The van der Waals surface area contributed by atoms with Gasteiger partial charge in [-0.1, -0.05) is 52.1 Å². The summed E-state index contributed by atoms with van der Waals surface area (Å²) in [5.74, 6) is 0. The summed E-state index contributed by atoms with van der Waals surface area (Å²) in [5, 5.41) is 6.02. The molecule has 0 fully saturated rings. The molecule has 26 heavy (non-hydrogen) atoms. The number of aryl methyl sites for hydroxylation is 1. The van der Waals surface area contributed by atoms with Crippen LogP contribution in [0, 0.1) is 6.92 Å². The van der Waals surface area contributed by atoms with E-state index >= 15 is 0 Å². The summed E-state index contributed by atoms with van der Waals surface area (Å²) in [6.45, 7) is 2.71. The summed E-state index contributed by atoms with van der Waals surface area (Å²) in [5.41, 5.74) is 3.37. The van der Waals surface area contributed by atoms with Gasteiger partial charge in [-0.05, 0) is 36.8 Å². The molecule has 0 unspecified atom stereocenters. The minimum absolute atomic E-state index is 0.262. The van der Waals surface area contributed by atoms with Gasteiger partial charge in [0.1, 0.15) is 12.3 Å². The Hall–Kier alpha value is -2.01. The molecule has 1 heterocycles. The van der Waals surface area contributed by atoms with E-state index in [9.17, 15) is 0 Å². The number of hydrogen-bond donors (Lipinski definition) is 0. The predicted octanol–water partition coefficient (Wildman–Crippen LogP) is 5.77. The van der Waals surface area contributed by atoms with Crippen LogP contribution in [0.5, 0.6) is 0 Å². The van der Waals surface area contributed by atoms with Gasteiger partial charge in [-0.2, -0.15) is 0 Å². The highest BCUT2D eigenvalue weighted by molar-refractivity contribution is 6.37. The minimum atomic E-state index is 0.262. The second-order valence-electron chi connectivity index (χ2n) is 5.77. The lowest BCUT2D eigenvalue weighted by Crippen LogP contribution is -2.12. The molecule has 0 atom stereocenters. The lowest BCUT2D eigenvalue weighted by atomic mass is 10.1. The van der Waals surface area contributed by atoms with E-state index in [2.05, 4.69) is 10.1 Å². The molecular formula is C19H16Cl3N3O. The molecule has 0 spiro atoms. The fraction of sp³-hybridized carbons (Fsp3) is 0.158. The van der Waals surface area contributed by atoms with Gasteiger partial charge in [0.25, 0.3) is 0 Å². The zero-order chi connectivity index (χ0) is 18.5. The number of benzene rings is 2. The monoisotopic (exact) mass is 407 g/mol. The predicted molar refractivity (Wildman–Crippen MR) is 106 cm³/mol. The van der Waals surface area contributed by atoms with Gasteiger partial charge in [0.15, 0.2) is 0 Å². The van der Waals surface area contributed by atoms with Crippen molar-refractivity contribution in [2.75, 3.05) is 0 Å². The van der Waals surface area contributed by atoms with E-state index in [1.165, 1.54) is 0 Å². The normalized spacial score (nSPS) is 11.6. The highest BCUT2D eigenvalue weighted by atomic mass is 35.5. The summed E-state index contributed by atoms with van der Waals surface area (Å²) in [6.07, 6.45) is 5.25. The Balaban J connectivity index is 1.83. The summed E-state index contributed by atoms with van der Waals surface area (Å²) >= 11 is 18.6. The van der Waals surface area contributed by atoms with Crippen LogP contribution in [0.15, 0.2) is 60.3 Å². The maximum Gasteiger partial charge on any atom is 0.143 e. The summed E-state index contributed by atoms with van der Waals surface area (Å²) in [6, 6.07) is 11.1. The van der Waals surface area contributed by atoms with E-state index in [4.69, 9.17) is 39.6 Å². The Labute approximate surface area is 167 Å². The molecule has 0 saturated carbocycles. The van der Waals surface area contributed by atoms with Crippen molar-refractivity contribution in [3.05, 3.63) is 86.9 Å². The van der Waals surface area contributed by atoms with Gasteiger partial charge in [0, 0.05) is 33.6 Å². The molecule has 4 nitrogen and oxygen atoms in total. The van der Waals surface area contributed by atoms with Crippen molar-refractivity contribution in [1.82, 2.24) is 9.55 Å².